The fourth-order valence-electron chi connectivity index (χ4n) is 2.03. The molecule has 1 rings (SSSR count). The molecule has 0 spiro atoms. The zero-order valence-corrected chi connectivity index (χ0v) is 9.32. The minimum Gasteiger partial charge on any atom is -0.316 e. The fraction of sp³-hybridized carbons (Fsp3) is 1.00. The first-order chi connectivity index (χ1) is 5.53. The number of rotatable bonds is 2. The van der Waals surface area contributed by atoms with E-state index >= 15 is 0 Å². The summed E-state index contributed by atoms with van der Waals surface area (Å²) in [5.41, 5.74) is 0.470. The predicted molar refractivity (Wildman–Crippen MR) is 57.8 cm³/mol. The van der Waals surface area contributed by atoms with Crippen LogP contribution in [0.4, 0.5) is 0 Å². The quantitative estimate of drug-likeness (QED) is 0.632. The van der Waals surface area contributed by atoms with Gasteiger partial charge in [-0.05, 0) is 42.5 Å². The van der Waals surface area contributed by atoms with Crippen molar-refractivity contribution in [2.45, 2.75) is 27.2 Å². The van der Waals surface area contributed by atoms with Gasteiger partial charge in [0, 0.05) is 0 Å². The minimum absolute atomic E-state index is 0.470. The SMILES string of the molecule is CC(C)(C)CC1CNCC1CS. The van der Waals surface area contributed by atoms with Crippen LogP contribution in [0.1, 0.15) is 27.2 Å². The normalized spacial score (nSPS) is 31.0. The second-order valence-corrected chi connectivity index (χ2v) is 5.49. The molecule has 0 aromatic heterocycles. The van der Waals surface area contributed by atoms with Gasteiger partial charge in [0.2, 0.25) is 0 Å². The van der Waals surface area contributed by atoms with Crippen molar-refractivity contribution in [2.75, 3.05) is 18.8 Å². The zero-order valence-electron chi connectivity index (χ0n) is 8.43. The molecule has 1 heterocycles. The van der Waals surface area contributed by atoms with Crippen molar-refractivity contribution in [3.05, 3.63) is 0 Å². The number of thiol groups is 1. The average Bonchev–Trinajstić information content (AvgIpc) is 2.31. The molecule has 1 fully saturated rings. The maximum absolute atomic E-state index is 4.38. The van der Waals surface area contributed by atoms with Crippen LogP contribution in [-0.2, 0) is 0 Å². The molecule has 1 N–H and O–H groups in total. The Morgan fingerprint density at radius 1 is 1.25 bits per heavy atom. The van der Waals surface area contributed by atoms with E-state index in [1.807, 2.05) is 0 Å². The molecular formula is C10H21NS. The van der Waals surface area contributed by atoms with Gasteiger partial charge in [-0.25, -0.2) is 0 Å². The van der Waals surface area contributed by atoms with Crippen LogP contribution in [0, 0.1) is 17.3 Å². The molecule has 1 aliphatic rings. The monoisotopic (exact) mass is 187 g/mol. The first kappa shape index (κ1) is 10.4. The Morgan fingerprint density at radius 3 is 2.33 bits per heavy atom. The number of hydrogen-bond donors (Lipinski definition) is 2. The molecule has 0 radical (unpaired) electrons. The molecule has 0 aliphatic carbocycles. The molecule has 0 aromatic rings. The van der Waals surface area contributed by atoms with Gasteiger partial charge in [0.05, 0.1) is 0 Å². The maximum atomic E-state index is 4.38. The van der Waals surface area contributed by atoms with Crippen molar-refractivity contribution in [2.24, 2.45) is 17.3 Å². The lowest BCUT2D eigenvalue weighted by Gasteiger charge is -2.25. The van der Waals surface area contributed by atoms with E-state index in [4.69, 9.17) is 0 Å². The Morgan fingerprint density at radius 2 is 1.83 bits per heavy atom. The van der Waals surface area contributed by atoms with Gasteiger partial charge in [-0.1, -0.05) is 20.8 Å². The highest BCUT2D eigenvalue weighted by molar-refractivity contribution is 7.80. The highest BCUT2D eigenvalue weighted by Gasteiger charge is 2.29. The van der Waals surface area contributed by atoms with Crippen LogP contribution in [0.3, 0.4) is 0 Å². The Hall–Kier alpha value is 0.310. The predicted octanol–water partition coefficient (Wildman–Crippen LogP) is 2.19. The van der Waals surface area contributed by atoms with Crippen molar-refractivity contribution in [1.29, 1.82) is 0 Å². The van der Waals surface area contributed by atoms with E-state index in [0.29, 0.717) is 5.41 Å². The molecule has 0 amide bonds. The van der Waals surface area contributed by atoms with Gasteiger partial charge in [-0.15, -0.1) is 0 Å². The van der Waals surface area contributed by atoms with Gasteiger partial charge in [-0.2, -0.15) is 12.6 Å². The summed E-state index contributed by atoms with van der Waals surface area (Å²) in [6.07, 6.45) is 1.32. The summed E-state index contributed by atoms with van der Waals surface area (Å²) in [5, 5.41) is 3.45. The largest absolute Gasteiger partial charge is 0.316 e. The Kier molecular flexibility index (Phi) is 3.47. The van der Waals surface area contributed by atoms with Gasteiger partial charge >= 0.3 is 0 Å². The topological polar surface area (TPSA) is 12.0 Å². The Labute approximate surface area is 81.7 Å². The smallest absolute Gasteiger partial charge is 0.000946 e. The molecule has 2 unspecified atom stereocenters. The fourth-order valence-corrected chi connectivity index (χ4v) is 2.45. The lowest BCUT2D eigenvalue weighted by atomic mass is 9.81. The molecule has 1 aliphatic heterocycles. The van der Waals surface area contributed by atoms with Crippen molar-refractivity contribution in [1.82, 2.24) is 5.32 Å². The van der Waals surface area contributed by atoms with Crippen LogP contribution in [0.2, 0.25) is 0 Å². The summed E-state index contributed by atoms with van der Waals surface area (Å²) in [6, 6.07) is 0. The number of nitrogens with one attached hydrogen (secondary N) is 1. The molecule has 2 atom stereocenters. The van der Waals surface area contributed by atoms with E-state index in [2.05, 4.69) is 38.7 Å². The van der Waals surface area contributed by atoms with Crippen LogP contribution >= 0.6 is 12.6 Å². The summed E-state index contributed by atoms with van der Waals surface area (Å²) in [6.45, 7) is 9.33. The highest BCUT2D eigenvalue weighted by atomic mass is 32.1. The van der Waals surface area contributed by atoms with Gasteiger partial charge in [0.1, 0.15) is 0 Å². The van der Waals surface area contributed by atoms with Crippen molar-refractivity contribution in [3.63, 3.8) is 0 Å². The first-order valence-electron chi connectivity index (χ1n) is 4.84. The Bertz CT molecular complexity index is 139. The van der Waals surface area contributed by atoms with E-state index in [-0.39, 0.29) is 0 Å². The summed E-state index contributed by atoms with van der Waals surface area (Å²) >= 11 is 4.38. The molecule has 1 nitrogen and oxygen atoms in total. The third-order valence-corrected chi connectivity index (χ3v) is 3.06. The minimum atomic E-state index is 0.470. The standard InChI is InChI=1S/C10H21NS/c1-10(2,3)4-8-5-11-6-9(8)7-12/h8-9,11-12H,4-7H2,1-3H3. The molecule has 0 bridgehead atoms. The zero-order chi connectivity index (χ0) is 9.19. The van der Waals surface area contributed by atoms with Gasteiger partial charge in [-0.3, -0.25) is 0 Å². The molecule has 2 heteroatoms. The van der Waals surface area contributed by atoms with Crippen LogP contribution in [0.15, 0.2) is 0 Å². The van der Waals surface area contributed by atoms with E-state index in [0.717, 1.165) is 17.6 Å². The number of hydrogen-bond acceptors (Lipinski definition) is 2. The summed E-state index contributed by atoms with van der Waals surface area (Å²) in [5.74, 6) is 2.68. The molecule has 12 heavy (non-hydrogen) atoms. The third-order valence-electron chi connectivity index (χ3n) is 2.59. The lowest BCUT2D eigenvalue weighted by Crippen LogP contribution is -2.20. The lowest BCUT2D eigenvalue weighted by molar-refractivity contribution is 0.274. The molecule has 72 valence electrons. The first-order valence-corrected chi connectivity index (χ1v) is 5.48. The summed E-state index contributed by atoms with van der Waals surface area (Å²) < 4.78 is 0. The van der Waals surface area contributed by atoms with Crippen molar-refractivity contribution < 1.29 is 0 Å². The Balaban J connectivity index is 2.41. The second-order valence-electron chi connectivity index (χ2n) is 5.13. The van der Waals surface area contributed by atoms with Crippen LogP contribution in [0.5, 0.6) is 0 Å². The van der Waals surface area contributed by atoms with Crippen LogP contribution in [-0.4, -0.2) is 18.8 Å². The molecule has 1 saturated heterocycles. The van der Waals surface area contributed by atoms with E-state index in [1.54, 1.807) is 0 Å². The van der Waals surface area contributed by atoms with Gasteiger partial charge in [0.15, 0.2) is 0 Å². The van der Waals surface area contributed by atoms with E-state index < -0.39 is 0 Å². The molecular weight excluding hydrogens is 166 g/mol. The molecule has 0 saturated carbocycles. The maximum Gasteiger partial charge on any atom is -0.000946 e. The van der Waals surface area contributed by atoms with Gasteiger partial charge < -0.3 is 5.32 Å². The summed E-state index contributed by atoms with van der Waals surface area (Å²) in [4.78, 5) is 0. The average molecular weight is 187 g/mol. The second kappa shape index (κ2) is 4.01. The van der Waals surface area contributed by atoms with Crippen LogP contribution in [0.25, 0.3) is 0 Å². The van der Waals surface area contributed by atoms with Crippen LogP contribution < -0.4 is 5.32 Å². The molecule has 0 aromatic carbocycles. The van der Waals surface area contributed by atoms with E-state index in [9.17, 15) is 0 Å². The highest BCUT2D eigenvalue weighted by Crippen LogP contribution is 2.31. The van der Waals surface area contributed by atoms with Gasteiger partial charge in [0.25, 0.3) is 0 Å². The van der Waals surface area contributed by atoms with E-state index in [1.165, 1.54) is 19.5 Å². The van der Waals surface area contributed by atoms with Crippen molar-refractivity contribution >= 4 is 12.6 Å². The third kappa shape index (κ3) is 2.98. The summed E-state index contributed by atoms with van der Waals surface area (Å²) in [7, 11) is 0. The van der Waals surface area contributed by atoms with Crippen molar-refractivity contribution in [3.8, 4) is 0 Å².